The second-order valence-corrected chi connectivity index (χ2v) is 3.69. The normalized spacial score (nSPS) is 10.2. The first-order chi connectivity index (χ1) is 8.29. The van der Waals surface area contributed by atoms with Gasteiger partial charge in [-0.25, -0.2) is 4.98 Å². The van der Waals surface area contributed by atoms with Gasteiger partial charge in [0.2, 0.25) is 5.88 Å². The molecule has 0 amide bonds. The van der Waals surface area contributed by atoms with Gasteiger partial charge in [-0.2, -0.15) is 0 Å². The molecule has 88 valence electrons. The van der Waals surface area contributed by atoms with Gasteiger partial charge < -0.3 is 10.1 Å². The highest BCUT2D eigenvalue weighted by molar-refractivity contribution is 5.30. The first-order valence-electron chi connectivity index (χ1n) is 5.49. The van der Waals surface area contributed by atoms with Gasteiger partial charge in [0.15, 0.2) is 5.75 Å². The second-order valence-electron chi connectivity index (χ2n) is 3.69. The summed E-state index contributed by atoms with van der Waals surface area (Å²) >= 11 is 0. The molecular formula is C13H15N3O. The average Bonchev–Trinajstić information content (AvgIpc) is 2.33. The minimum atomic E-state index is 0.592. The van der Waals surface area contributed by atoms with Gasteiger partial charge in [-0.1, -0.05) is 6.07 Å². The molecule has 0 aromatic carbocycles. The van der Waals surface area contributed by atoms with E-state index in [1.165, 1.54) is 0 Å². The number of hydrogen-bond acceptors (Lipinski definition) is 4. The summed E-state index contributed by atoms with van der Waals surface area (Å²) in [4.78, 5) is 8.56. The molecule has 0 aliphatic rings. The molecular weight excluding hydrogens is 214 g/mol. The van der Waals surface area contributed by atoms with E-state index in [1.54, 1.807) is 6.20 Å². The van der Waals surface area contributed by atoms with E-state index in [4.69, 9.17) is 4.74 Å². The summed E-state index contributed by atoms with van der Waals surface area (Å²) in [6, 6.07) is 9.46. The Labute approximate surface area is 101 Å². The predicted molar refractivity (Wildman–Crippen MR) is 66.0 cm³/mol. The van der Waals surface area contributed by atoms with Crippen molar-refractivity contribution in [3.63, 3.8) is 0 Å². The van der Waals surface area contributed by atoms with Crippen molar-refractivity contribution in [2.75, 3.05) is 7.05 Å². The summed E-state index contributed by atoms with van der Waals surface area (Å²) in [5, 5.41) is 3.06. The van der Waals surface area contributed by atoms with Gasteiger partial charge in [-0.05, 0) is 32.2 Å². The lowest BCUT2D eigenvalue weighted by Crippen LogP contribution is -2.07. The van der Waals surface area contributed by atoms with Crippen molar-refractivity contribution in [1.82, 2.24) is 15.3 Å². The monoisotopic (exact) mass is 229 g/mol. The van der Waals surface area contributed by atoms with E-state index in [0.29, 0.717) is 5.88 Å². The van der Waals surface area contributed by atoms with Crippen molar-refractivity contribution in [3.05, 3.63) is 47.9 Å². The number of hydrogen-bond donors (Lipinski definition) is 1. The number of aryl methyl sites for hydroxylation is 1. The number of pyridine rings is 2. The number of nitrogens with zero attached hydrogens (tertiary/aromatic N) is 2. The zero-order valence-electron chi connectivity index (χ0n) is 9.97. The van der Waals surface area contributed by atoms with Crippen LogP contribution in [0.15, 0.2) is 36.5 Å². The van der Waals surface area contributed by atoms with Gasteiger partial charge in [0.1, 0.15) is 0 Å². The lowest BCUT2D eigenvalue weighted by molar-refractivity contribution is 0.454. The molecule has 4 nitrogen and oxygen atoms in total. The van der Waals surface area contributed by atoms with Gasteiger partial charge in [0.05, 0.1) is 11.4 Å². The van der Waals surface area contributed by atoms with Crippen LogP contribution in [0, 0.1) is 6.92 Å². The molecule has 2 heterocycles. The van der Waals surface area contributed by atoms with E-state index >= 15 is 0 Å². The Balaban J connectivity index is 2.18. The molecule has 2 aromatic rings. The van der Waals surface area contributed by atoms with Crippen LogP contribution in [0.1, 0.15) is 11.4 Å². The van der Waals surface area contributed by atoms with E-state index in [2.05, 4.69) is 15.3 Å². The van der Waals surface area contributed by atoms with Crippen molar-refractivity contribution < 1.29 is 4.74 Å². The third-order valence-corrected chi connectivity index (χ3v) is 2.31. The zero-order valence-corrected chi connectivity index (χ0v) is 9.97. The lowest BCUT2D eigenvalue weighted by atomic mass is 10.3. The minimum absolute atomic E-state index is 0.592. The summed E-state index contributed by atoms with van der Waals surface area (Å²) in [7, 11) is 1.89. The van der Waals surface area contributed by atoms with E-state index in [0.717, 1.165) is 23.7 Å². The van der Waals surface area contributed by atoms with Crippen LogP contribution in [0.3, 0.4) is 0 Å². The van der Waals surface area contributed by atoms with Gasteiger partial charge in [0, 0.05) is 18.8 Å². The SMILES string of the molecule is CNCc1cccc(Oc2cccnc2C)n1. The first kappa shape index (κ1) is 11.5. The maximum Gasteiger partial charge on any atom is 0.219 e. The van der Waals surface area contributed by atoms with Crippen LogP contribution < -0.4 is 10.1 Å². The summed E-state index contributed by atoms with van der Waals surface area (Å²) < 4.78 is 5.69. The summed E-state index contributed by atoms with van der Waals surface area (Å²) in [6.45, 7) is 2.63. The Bertz CT molecular complexity index is 500. The second kappa shape index (κ2) is 5.41. The average molecular weight is 229 g/mol. The van der Waals surface area contributed by atoms with Crippen LogP contribution in [0.4, 0.5) is 0 Å². The molecule has 0 radical (unpaired) electrons. The van der Waals surface area contributed by atoms with Gasteiger partial charge >= 0.3 is 0 Å². The van der Waals surface area contributed by atoms with Crippen molar-refractivity contribution in [1.29, 1.82) is 0 Å². The highest BCUT2D eigenvalue weighted by atomic mass is 16.5. The standard InChI is InChI=1S/C13H15N3O/c1-10-12(6-4-8-15-10)17-13-7-3-5-11(16-13)9-14-2/h3-8,14H,9H2,1-2H3. The Kier molecular flexibility index (Phi) is 3.67. The lowest BCUT2D eigenvalue weighted by Gasteiger charge is -2.07. The maximum atomic E-state index is 5.69. The van der Waals surface area contributed by atoms with Crippen LogP contribution in [0.5, 0.6) is 11.6 Å². The van der Waals surface area contributed by atoms with Crippen molar-refractivity contribution in [2.24, 2.45) is 0 Å². The topological polar surface area (TPSA) is 47.0 Å². The molecule has 0 spiro atoms. The molecule has 0 aliphatic heterocycles. The molecule has 0 saturated carbocycles. The summed E-state index contributed by atoms with van der Waals surface area (Å²) in [5.41, 5.74) is 1.81. The molecule has 0 fully saturated rings. The number of nitrogens with one attached hydrogen (secondary N) is 1. The third kappa shape index (κ3) is 3.01. The Morgan fingerprint density at radius 1 is 1.24 bits per heavy atom. The van der Waals surface area contributed by atoms with Crippen molar-refractivity contribution >= 4 is 0 Å². The molecule has 2 aromatic heterocycles. The van der Waals surface area contributed by atoms with Gasteiger partial charge in [-0.15, -0.1) is 0 Å². The smallest absolute Gasteiger partial charge is 0.219 e. The number of aromatic nitrogens is 2. The minimum Gasteiger partial charge on any atom is -0.437 e. The molecule has 0 bridgehead atoms. The highest BCUT2D eigenvalue weighted by Gasteiger charge is 2.03. The number of ether oxygens (including phenoxy) is 1. The largest absolute Gasteiger partial charge is 0.437 e. The third-order valence-electron chi connectivity index (χ3n) is 2.31. The Morgan fingerprint density at radius 2 is 2.12 bits per heavy atom. The zero-order chi connectivity index (χ0) is 12.1. The molecule has 17 heavy (non-hydrogen) atoms. The molecule has 0 saturated heterocycles. The highest BCUT2D eigenvalue weighted by Crippen LogP contribution is 2.21. The molecule has 0 aliphatic carbocycles. The molecule has 4 heteroatoms. The molecule has 1 N–H and O–H groups in total. The summed E-state index contributed by atoms with van der Waals surface area (Å²) in [6.07, 6.45) is 1.74. The predicted octanol–water partition coefficient (Wildman–Crippen LogP) is 2.30. The van der Waals surface area contributed by atoms with E-state index in [9.17, 15) is 0 Å². The van der Waals surface area contributed by atoms with Crippen LogP contribution in [0.25, 0.3) is 0 Å². The quantitative estimate of drug-likeness (QED) is 0.873. The van der Waals surface area contributed by atoms with Crippen molar-refractivity contribution in [2.45, 2.75) is 13.5 Å². The maximum absolute atomic E-state index is 5.69. The summed E-state index contributed by atoms with van der Waals surface area (Å²) in [5.74, 6) is 1.33. The van der Waals surface area contributed by atoms with Crippen LogP contribution in [-0.4, -0.2) is 17.0 Å². The van der Waals surface area contributed by atoms with E-state index in [-0.39, 0.29) is 0 Å². The Hall–Kier alpha value is -1.94. The van der Waals surface area contributed by atoms with Crippen LogP contribution >= 0.6 is 0 Å². The molecule has 0 unspecified atom stereocenters. The van der Waals surface area contributed by atoms with E-state index < -0.39 is 0 Å². The first-order valence-corrected chi connectivity index (χ1v) is 5.49. The fraction of sp³-hybridized carbons (Fsp3) is 0.231. The van der Waals surface area contributed by atoms with Crippen molar-refractivity contribution in [3.8, 4) is 11.6 Å². The van der Waals surface area contributed by atoms with Crippen LogP contribution in [0.2, 0.25) is 0 Å². The molecule has 2 rings (SSSR count). The molecule has 0 atom stereocenters. The fourth-order valence-corrected chi connectivity index (χ4v) is 1.48. The fourth-order valence-electron chi connectivity index (χ4n) is 1.48. The van der Waals surface area contributed by atoms with E-state index in [1.807, 2.05) is 44.3 Å². The van der Waals surface area contributed by atoms with Crippen LogP contribution in [-0.2, 0) is 6.54 Å². The van der Waals surface area contributed by atoms with Gasteiger partial charge in [0.25, 0.3) is 0 Å². The number of rotatable bonds is 4. The Morgan fingerprint density at radius 3 is 2.88 bits per heavy atom. The van der Waals surface area contributed by atoms with Gasteiger partial charge in [-0.3, -0.25) is 4.98 Å².